The first-order valence-corrected chi connectivity index (χ1v) is 8.41. The molecule has 0 aliphatic carbocycles. The molecule has 3 heterocycles. The quantitative estimate of drug-likeness (QED) is 0.795. The van der Waals surface area contributed by atoms with Crippen LogP contribution >= 0.6 is 11.6 Å². The molecule has 1 aliphatic rings. The van der Waals surface area contributed by atoms with Crippen molar-refractivity contribution in [3.05, 3.63) is 47.8 Å². The number of nitrogens with one attached hydrogen (secondary N) is 2. The second kappa shape index (κ2) is 7.64. The molecule has 2 aromatic heterocycles. The molecule has 1 aliphatic heterocycles. The van der Waals surface area contributed by atoms with E-state index in [4.69, 9.17) is 16.3 Å². The summed E-state index contributed by atoms with van der Waals surface area (Å²) in [6, 6.07) is 2.29. The third kappa shape index (κ3) is 3.68. The highest BCUT2D eigenvalue weighted by molar-refractivity contribution is 6.31. The first-order chi connectivity index (χ1) is 11.7. The smallest absolute Gasteiger partial charge is 0.137 e. The maximum Gasteiger partial charge on any atom is 0.137 e. The molecule has 2 N–H and O–H groups in total. The average molecular weight is 345 g/mol. The molecule has 24 heavy (non-hydrogen) atoms. The summed E-state index contributed by atoms with van der Waals surface area (Å²) in [7, 11) is 0. The van der Waals surface area contributed by atoms with Crippen molar-refractivity contribution in [2.45, 2.75) is 25.8 Å². The highest BCUT2D eigenvalue weighted by Crippen LogP contribution is 2.30. The summed E-state index contributed by atoms with van der Waals surface area (Å²) in [5.41, 5.74) is 2.77. The Kier molecular flexibility index (Phi) is 5.33. The van der Waals surface area contributed by atoms with Gasteiger partial charge in [-0.15, -0.1) is 0 Å². The maximum atomic E-state index is 6.17. The first kappa shape index (κ1) is 16.7. The molecule has 0 atom stereocenters. The van der Waals surface area contributed by atoms with Gasteiger partial charge in [-0.25, -0.2) is 4.98 Å². The summed E-state index contributed by atoms with van der Waals surface area (Å²) in [5, 5.41) is 12.7. The van der Waals surface area contributed by atoms with Crippen LogP contribution in [0.15, 0.2) is 42.1 Å². The summed E-state index contributed by atoms with van der Waals surface area (Å²) < 4.78 is 5.42. The van der Waals surface area contributed by atoms with Crippen molar-refractivity contribution in [1.29, 1.82) is 0 Å². The summed E-state index contributed by atoms with van der Waals surface area (Å²) in [6.07, 6.45) is 9.04. The van der Waals surface area contributed by atoms with Crippen molar-refractivity contribution in [2.24, 2.45) is 0 Å². The predicted octanol–water partition coefficient (Wildman–Crippen LogP) is 4.26. The molecule has 126 valence electrons. The largest absolute Gasteiger partial charge is 0.381 e. The van der Waals surface area contributed by atoms with Gasteiger partial charge in [-0.3, -0.25) is 5.10 Å². The Hall–Kier alpha value is -2.11. The van der Waals surface area contributed by atoms with Gasteiger partial charge in [0.1, 0.15) is 5.82 Å². The highest BCUT2D eigenvalue weighted by atomic mass is 35.5. The van der Waals surface area contributed by atoms with Crippen LogP contribution < -0.4 is 5.32 Å². The molecular formula is C18H21ClN4O. The Morgan fingerprint density at radius 3 is 3.00 bits per heavy atom. The second-order valence-corrected chi connectivity index (χ2v) is 6.24. The van der Waals surface area contributed by atoms with E-state index < -0.39 is 0 Å². The number of nitrogens with zero attached hydrogens (tertiary/aromatic N) is 2. The van der Waals surface area contributed by atoms with Crippen LogP contribution in [0, 0.1) is 0 Å². The SMILES string of the molecule is C=C/C=C(Cl)\C=C(/C)c1n[nH]c2ccnc(NC3CCOCC3)c12. The monoisotopic (exact) mass is 344 g/mol. The first-order valence-electron chi connectivity index (χ1n) is 8.03. The summed E-state index contributed by atoms with van der Waals surface area (Å²) >= 11 is 6.17. The third-order valence-electron chi connectivity index (χ3n) is 4.04. The van der Waals surface area contributed by atoms with E-state index in [1.165, 1.54) is 0 Å². The third-order valence-corrected chi connectivity index (χ3v) is 4.28. The van der Waals surface area contributed by atoms with Crippen LogP contribution in [0.2, 0.25) is 0 Å². The fourth-order valence-corrected chi connectivity index (χ4v) is 3.09. The zero-order valence-corrected chi connectivity index (χ0v) is 14.4. The zero-order valence-electron chi connectivity index (χ0n) is 13.7. The van der Waals surface area contributed by atoms with Crippen LogP contribution in [0.4, 0.5) is 5.82 Å². The fraction of sp³-hybridized carbons (Fsp3) is 0.333. The van der Waals surface area contributed by atoms with Crippen molar-refractivity contribution in [3.8, 4) is 0 Å². The number of allylic oxidation sites excluding steroid dienone is 5. The number of aromatic nitrogens is 3. The average Bonchev–Trinajstić information content (AvgIpc) is 3.01. The Balaban J connectivity index is 1.97. The minimum Gasteiger partial charge on any atom is -0.381 e. The van der Waals surface area contributed by atoms with Crippen molar-refractivity contribution in [2.75, 3.05) is 18.5 Å². The van der Waals surface area contributed by atoms with Crippen LogP contribution in [0.3, 0.4) is 0 Å². The number of ether oxygens (including phenoxy) is 1. The molecule has 0 amide bonds. The molecule has 5 nitrogen and oxygen atoms in total. The molecule has 3 rings (SSSR count). The number of pyridine rings is 1. The summed E-state index contributed by atoms with van der Waals surface area (Å²) in [4.78, 5) is 4.53. The second-order valence-electron chi connectivity index (χ2n) is 5.80. The van der Waals surface area contributed by atoms with Gasteiger partial charge in [-0.1, -0.05) is 24.3 Å². The number of anilines is 1. The molecule has 1 fully saturated rings. The van der Waals surface area contributed by atoms with Gasteiger partial charge in [-0.05, 0) is 43.6 Å². The minimum atomic E-state index is 0.369. The van der Waals surface area contributed by atoms with Crippen LogP contribution in [0.5, 0.6) is 0 Å². The number of aromatic amines is 1. The topological polar surface area (TPSA) is 62.8 Å². The van der Waals surface area contributed by atoms with E-state index in [0.29, 0.717) is 11.1 Å². The molecule has 0 aromatic carbocycles. The van der Waals surface area contributed by atoms with Gasteiger partial charge in [0.15, 0.2) is 0 Å². The van der Waals surface area contributed by atoms with E-state index in [0.717, 1.165) is 54.0 Å². The predicted molar refractivity (Wildman–Crippen MR) is 99.1 cm³/mol. The minimum absolute atomic E-state index is 0.369. The van der Waals surface area contributed by atoms with Gasteiger partial charge < -0.3 is 10.1 Å². The molecule has 0 unspecified atom stereocenters. The van der Waals surface area contributed by atoms with Crippen molar-refractivity contribution in [3.63, 3.8) is 0 Å². The van der Waals surface area contributed by atoms with E-state index in [1.54, 1.807) is 18.3 Å². The molecule has 0 bridgehead atoms. The molecule has 1 saturated heterocycles. The Morgan fingerprint density at radius 1 is 1.46 bits per heavy atom. The van der Waals surface area contributed by atoms with Crippen LogP contribution in [-0.2, 0) is 4.74 Å². The van der Waals surface area contributed by atoms with Gasteiger partial charge in [0.2, 0.25) is 0 Å². The van der Waals surface area contributed by atoms with Crippen molar-refractivity contribution < 1.29 is 4.74 Å². The molecule has 6 heteroatoms. The van der Waals surface area contributed by atoms with Crippen molar-refractivity contribution in [1.82, 2.24) is 15.2 Å². The van der Waals surface area contributed by atoms with Gasteiger partial charge in [-0.2, -0.15) is 5.10 Å². The van der Waals surface area contributed by atoms with E-state index in [2.05, 4.69) is 27.1 Å². The molecule has 2 aromatic rings. The number of fused-ring (bicyclic) bond motifs is 1. The van der Waals surface area contributed by atoms with Gasteiger partial charge in [0.25, 0.3) is 0 Å². The zero-order chi connectivity index (χ0) is 16.9. The van der Waals surface area contributed by atoms with Crippen LogP contribution in [-0.4, -0.2) is 34.4 Å². The van der Waals surface area contributed by atoms with Gasteiger partial charge in [0.05, 0.1) is 16.6 Å². The van der Waals surface area contributed by atoms with Crippen LogP contribution in [0.25, 0.3) is 16.5 Å². The van der Waals surface area contributed by atoms with Crippen LogP contribution in [0.1, 0.15) is 25.5 Å². The number of halogens is 1. The number of rotatable bonds is 5. The molecule has 0 saturated carbocycles. The summed E-state index contributed by atoms with van der Waals surface area (Å²) in [5.74, 6) is 0.847. The van der Waals surface area contributed by atoms with Gasteiger partial charge in [0, 0.05) is 30.5 Å². The Labute approximate surface area is 146 Å². The molecular weight excluding hydrogens is 324 g/mol. The standard InChI is InChI=1S/C18H21ClN4O/c1-3-4-13(19)11-12(2)17-16-15(22-23-17)5-8-20-18(16)21-14-6-9-24-10-7-14/h3-5,8,11,14H,1,6-7,9-10H2,2H3,(H,20,21)(H,22,23)/b12-11+,13-4+. The van der Waals surface area contributed by atoms with E-state index in [-0.39, 0.29) is 0 Å². The maximum absolute atomic E-state index is 6.17. The summed E-state index contributed by atoms with van der Waals surface area (Å²) in [6.45, 7) is 7.21. The Morgan fingerprint density at radius 2 is 2.25 bits per heavy atom. The fourth-order valence-electron chi connectivity index (χ4n) is 2.83. The number of hydrogen-bond acceptors (Lipinski definition) is 4. The number of H-pyrrole nitrogens is 1. The lowest BCUT2D eigenvalue weighted by Gasteiger charge is -2.24. The Bertz CT molecular complexity index is 787. The lowest BCUT2D eigenvalue weighted by atomic mass is 10.1. The molecule has 0 radical (unpaired) electrons. The molecule has 0 spiro atoms. The van der Waals surface area contributed by atoms with Gasteiger partial charge >= 0.3 is 0 Å². The number of hydrogen-bond donors (Lipinski definition) is 2. The highest BCUT2D eigenvalue weighted by Gasteiger charge is 2.18. The lowest BCUT2D eigenvalue weighted by Crippen LogP contribution is -2.28. The van der Waals surface area contributed by atoms with Crippen molar-refractivity contribution >= 4 is 33.9 Å². The lowest BCUT2D eigenvalue weighted by molar-refractivity contribution is 0.0904. The normalized spacial score (nSPS) is 17.2. The van der Waals surface area contributed by atoms with E-state index >= 15 is 0 Å². The van der Waals surface area contributed by atoms with E-state index in [9.17, 15) is 0 Å². The van der Waals surface area contributed by atoms with E-state index in [1.807, 2.05) is 19.1 Å².